The molecule has 20 heavy (non-hydrogen) atoms. The molecule has 3 fully saturated rings. The van der Waals surface area contributed by atoms with E-state index in [1.54, 1.807) is 0 Å². The van der Waals surface area contributed by atoms with E-state index in [4.69, 9.17) is 15.9 Å². The topological polar surface area (TPSA) is 74.4 Å². The van der Waals surface area contributed by atoms with Crippen LogP contribution in [0.3, 0.4) is 0 Å². The van der Waals surface area contributed by atoms with Crippen LogP contribution in [0.25, 0.3) is 0 Å². The van der Waals surface area contributed by atoms with Gasteiger partial charge in [0.2, 0.25) is 0 Å². The zero-order valence-electron chi connectivity index (χ0n) is 12.1. The molecule has 4 N–H and O–H groups in total. The third-order valence-electron chi connectivity index (χ3n) is 4.64. The molecule has 0 bridgehead atoms. The molecule has 2 saturated carbocycles. The fourth-order valence-electron chi connectivity index (χ4n) is 2.99. The zero-order chi connectivity index (χ0) is 13.9. The summed E-state index contributed by atoms with van der Waals surface area (Å²) in [6.45, 7) is 4.15. The molecule has 0 aromatic carbocycles. The molecule has 1 heterocycles. The van der Waals surface area contributed by atoms with Crippen molar-refractivity contribution in [2.75, 3.05) is 32.8 Å². The van der Waals surface area contributed by atoms with Crippen LogP contribution >= 0.6 is 0 Å². The second-order valence-corrected chi connectivity index (χ2v) is 6.25. The SMILES string of the molecule is N=C(/C(=C\NC1CC(CN)C1)N1CCOCC1)C1CC1. The summed E-state index contributed by atoms with van der Waals surface area (Å²) in [7, 11) is 0. The molecule has 0 amide bonds. The maximum atomic E-state index is 8.38. The van der Waals surface area contributed by atoms with Crippen LogP contribution in [0.15, 0.2) is 11.9 Å². The van der Waals surface area contributed by atoms with E-state index < -0.39 is 0 Å². The van der Waals surface area contributed by atoms with Crippen LogP contribution in [0.2, 0.25) is 0 Å². The second-order valence-electron chi connectivity index (χ2n) is 6.25. The van der Waals surface area contributed by atoms with Crippen LogP contribution in [0.1, 0.15) is 25.7 Å². The lowest BCUT2D eigenvalue weighted by Gasteiger charge is -2.36. The predicted molar refractivity (Wildman–Crippen MR) is 79.6 cm³/mol. The van der Waals surface area contributed by atoms with E-state index in [-0.39, 0.29) is 0 Å². The fourth-order valence-corrected chi connectivity index (χ4v) is 2.99. The maximum absolute atomic E-state index is 8.38. The van der Waals surface area contributed by atoms with E-state index in [1.165, 1.54) is 25.7 Å². The highest BCUT2D eigenvalue weighted by Crippen LogP contribution is 2.33. The van der Waals surface area contributed by atoms with Gasteiger partial charge in [-0.15, -0.1) is 0 Å². The molecule has 2 aliphatic carbocycles. The molecule has 0 unspecified atom stereocenters. The highest BCUT2D eigenvalue weighted by molar-refractivity contribution is 6.00. The molecule has 3 aliphatic rings. The lowest BCUT2D eigenvalue weighted by molar-refractivity contribution is 0.0559. The molecule has 3 rings (SSSR count). The Morgan fingerprint density at radius 2 is 2.00 bits per heavy atom. The first-order chi connectivity index (χ1) is 9.78. The first kappa shape index (κ1) is 13.9. The van der Waals surface area contributed by atoms with Gasteiger partial charge in [0.15, 0.2) is 0 Å². The average molecular weight is 278 g/mol. The van der Waals surface area contributed by atoms with Gasteiger partial charge in [-0.25, -0.2) is 0 Å². The second kappa shape index (κ2) is 6.14. The van der Waals surface area contributed by atoms with Crippen LogP contribution in [0.5, 0.6) is 0 Å². The summed E-state index contributed by atoms with van der Waals surface area (Å²) >= 11 is 0. The Kier molecular flexibility index (Phi) is 4.27. The van der Waals surface area contributed by atoms with E-state index in [0.29, 0.717) is 17.9 Å². The van der Waals surface area contributed by atoms with E-state index in [2.05, 4.69) is 16.4 Å². The van der Waals surface area contributed by atoms with Gasteiger partial charge >= 0.3 is 0 Å². The Bertz CT molecular complexity index is 379. The van der Waals surface area contributed by atoms with Gasteiger partial charge in [0.25, 0.3) is 0 Å². The lowest BCUT2D eigenvalue weighted by atomic mass is 9.80. The van der Waals surface area contributed by atoms with E-state index in [1.807, 2.05) is 0 Å². The average Bonchev–Trinajstić information content (AvgIpc) is 3.26. The minimum atomic E-state index is 0.490. The number of nitrogens with one attached hydrogen (secondary N) is 2. The fraction of sp³-hybridized carbons (Fsp3) is 0.800. The maximum Gasteiger partial charge on any atom is 0.0741 e. The molecule has 112 valence electrons. The molecule has 0 aromatic rings. The van der Waals surface area contributed by atoms with E-state index in [0.717, 1.165) is 44.3 Å². The number of rotatable bonds is 6. The summed E-state index contributed by atoms with van der Waals surface area (Å²) in [6.07, 6.45) is 6.78. The number of hydrogen-bond acceptors (Lipinski definition) is 5. The molecule has 1 saturated heterocycles. The number of allylic oxidation sites excluding steroid dienone is 1. The van der Waals surface area contributed by atoms with Crippen molar-refractivity contribution in [3.05, 3.63) is 11.9 Å². The number of hydrogen-bond donors (Lipinski definition) is 3. The number of morpholine rings is 1. The zero-order valence-corrected chi connectivity index (χ0v) is 12.1. The minimum Gasteiger partial charge on any atom is -0.386 e. The molecular weight excluding hydrogens is 252 g/mol. The Morgan fingerprint density at radius 1 is 1.30 bits per heavy atom. The summed E-state index contributed by atoms with van der Waals surface area (Å²) in [4.78, 5) is 2.30. The Hall–Kier alpha value is -1.07. The van der Waals surface area contributed by atoms with Crippen molar-refractivity contribution >= 4 is 5.71 Å². The molecule has 0 atom stereocenters. The van der Waals surface area contributed by atoms with E-state index in [9.17, 15) is 0 Å². The molecule has 0 aromatic heterocycles. The van der Waals surface area contributed by atoms with Crippen LogP contribution in [0.4, 0.5) is 0 Å². The number of nitrogens with two attached hydrogens (primary N) is 1. The van der Waals surface area contributed by atoms with Gasteiger partial charge < -0.3 is 26.1 Å². The minimum absolute atomic E-state index is 0.490. The quantitative estimate of drug-likeness (QED) is 0.632. The summed E-state index contributed by atoms with van der Waals surface area (Å²) in [5.74, 6) is 1.18. The third kappa shape index (κ3) is 3.15. The van der Waals surface area contributed by atoms with Gasteiger partial charge in [-0.2, -0.15) is 0 Å². The molecule has 5 heteroatoms. The highest BCUT2D eigenvalue weighted by atomic mass is 16.5. The molecule has 5 nitrogen and oxygen atoms in total. The monoisotopic (exact) mass is 278 g/mol. The Balaban J connectivity index is 1.60. The third-order valence-corrected chi connectivity index (χ3v) is 4.64. The smallest absolute Gasteiger partial charge is 0.0741 e. The van der Waals surface area contributed by atoms with Crippen molar-refractivity contribution < 1.29 is 4.74 Å². The van der Waals surface area contributed by atoms with Gasteiger partial charge in [-0.3, -0.25) is 0 Å². The van der Waals surface area contributed by atoms with Crippen molar-refractivity contribution in [3.8, 4) is 0 Å². The van der Waals surface area contributed by atoms with Crippen LogP contribution in [-0.4, -0.2) is 49.5 Å². The van der Waals surface area contributed by atoms with Crippen LogP contribution in [-0.2, 0) is 4.74 Å². The number of nitrogens with zero attached hydrogens (tertiary/aromatic N) is 1. The summed E-state index contributed by atoms with van der Waals surface area (Å²) < 4.78 is 5.42. The Labute approximate surface area is 121 Å². The van der Waals surface area contributed by atoms with Gasteiger partial charge in [0.05, 0.1) is 24.6 Å². The summed E-state index contributed by atoms with van der Waals surface area (Å²) in [5.41, 5.74) is 7.57. The van der Waals surface area contributed by atoms with Crippen LogP contribution < -0.4 is 11.1 Å². The van der Waals surface area contributed by atoms with E-state index >= 15 is 0 Å². The predicted octanol–water partition coefficient (Wildman–Crippen LogP) is 0.917. The Morgan fingerprint density at radius 3 is 2.60 bits per heavy atom. The van der Waals surface area contributed by atoms with Crippen molar-refractivity contribution in [2.24, 2.45) is 17.6 Å². The van der Waals surface area contributed by atoms with Gasteiger partial charge in [0.1, 0.15) is 0 Å². The first-order valence-corrected chi connectivity index (χ1v) is 7.85. The number of ether oxygens (including phenoxy) is 1. The van der Waals surface area contributed by atoms with Crippen molar-refractivity contribution in [2.45, 2.75) is 31.7 Å². The lowest BCUT2D eigenvalue weighted by Crippen LogP contribution is -2.43. The molecule has 1 aliphatic heterocycles. The van der Waals surface area contributed by atoms with Crippen molar-refractivity contribution in [1.82, 2.24) is 10.2 Å². The molecule has 0 radical (unpaired) electrons. The molecular formula is C15H26N4O. The summed E-state index contributed by atoms with van der Waals surface area (Å²) in [5, 5.41) is 11.9. The largest absolute Gasteiger partial charge is 0.386 e. The van der Waals surface area contributed by atoms with Crippen molar-refractivity contribution in [1.29, 1.82) is 5.41 Å². The van der Waals surface area contributed by atoms with Gasteiger partial charge in [-0.1, -0.05) is 0 Å². The standard InChI is InChI=1S/C15H26N4O/c16-9-11-7-13(8-11)18-10-14(15(17)12-1-2-12)19-3-5-20-6-4-19/h10-13,17-18H,1-9,16H2/b14-10+,17-15?. The highest BCUT2D eigenvalue weighted by Gasteiger charge is 2.32. The summed E-state index contributed by atoms with van der Waals surface area (Å²) in [6, 6.07) is 0.548. The van der Waals surface area contributed by atoms with Gasteiger partial charge in [-0.05, 0) is 38.1 Å². The van der Waals surface area contributed by atoms with Crippen molar-refractivity contribution in [3.63, 3.8) is 0 Å². The molecule has 0 spiro atoms. The normalized spacial score (nSPS) is 30.9. The first-order valence-electron chi connectivity index (χ1n) is 7.85. The van der Waals surface area contributed by atoms with Gasteiger partial charge in [0, 0.05) is 31.2 Å². The van der Waals surface area contributed by atoms with Crippen LogP contribution in [0, 0.1) is 17.2 Å².